The molecule has 0 aliphatic heterocycles. The average Bonchev–Trinajstić information content (AvgIpc) is 3.60. The van der Waals surface area contributed by atoms with Crippen LogP contribution in [-0.2, 0) is 12.8 Å². The van der Waals surface area contributed by atoms with Gasteiger partial charge in [0.15, 0.2) is 0 Å². The lowest BCUT2D eigenvalue weighted by atomic mass is 10.1. The summed E-state index contributed by atoms with van der Waals surface area (Å²) in [7, 11) is 0. The smallest absolute Gasteiger partial charge is 0.0798 e. The Bertz CT molecular complexity index is 1940. The van der Waals surface area contributed by atoms with Gasteiger partial charge in [0, 0.05) is 45.8 Å². The van der Waals surface area contributed by atoms with Crippen molar-refractivity contribution >= 4 is 33.3 Å². The van der Waals surface area contributed by atoms with Crippen LogP contribution in [0.25, 0.3) is 33.3 Å². The first-order valence-corrected chi connectivity index (χ1v) is 18.0. The molecule has 0 amide bonds. The number of anilines is 1. The minimum atomic E-state index is 0.857. The topological polar surface area (TPSA) is 13.1 Å². The van der Waals surface area contributed by atoms with Crippen LogP contribution in [0.2, 0.25) is 0 Å². The van der Waals surface area contributed by atoms with Gasteiger partial charge in [-0.05, 0) is 102 Å². The van der Waals surface area contributed by atoms with Crippen LogP contribution in [-0.4, -0.2) is 9.13 Å². The molecule has 0 fully saturated rings. The fourth-order valence-corrected chi connectivity index (χ4v) is 6.64. The minimum Gasteiger partial charge on any atom is -0.314 e. The highest BCUT2D eigenvalue weighted by Gasteiger charge is 2.27. The molecule has 0 aliphatic carbocycles. The van der Waals surface area contributed by atoms with E-state index < -0.39 is 0 Å². The van der Waals surface area contributed by atoms with E-state index in [0.717, 1.165) is 67.6 Å². The standard InChI is InChI=1S/C45H55N3/c1-10-18-22-27-35-32-40-43(33-42(35)46(34(9)15-6)37(26-14-5)28-19-11-2)48(38-29-23-21-24-30-38)44-39(31-20-12-3)41(17-8)47(45(40)44)36(16-7)25-13-4/h11,13,15-16,19,21,23-26,28-30,32-33H,2,10,12,14,17-18,20,31H2,1,3-9H3/b25-13-,28-19-,34-15+,36-16+,37-26+. The van der Waals surface area contributed by atoms with E-state index in [0.29, 0.717) is 0 Å². The second-order valence-electron chi connectivity index (χ2n) is 12.1. The van der Waals surface area contributed by atoms with Crippen molar-refractivity contribution in [1.29, 1.82) is 0 Å². The fraction of sp³-hybridized carbons (Fsp3) is 0.333. The van der Waals surface area contributed by atoms with E-state index in [4.69, 9.17) is 0 Å². The van der Waals surface area contributed by atoms with Crippen molar-refractivity contribution in [2.24, 2.45) is 0 Å². The lowest BCUT2D eigenvalue weighted by Gasteiger charge is -2.28. The Hall–Kier alpha value is -4.68. The zero-order valence-corrected chi connectivity index (χ0v) is 30.7. The van der Waals surface area contributed by atoms with E-state index in [1.54, 1.807) is 0 Å². The molecule has 2 heterocycles. The maximum atomic E-state index is 3.96. The number of hydrogen-bond donors (Lipinski definition) is 0. The molecular formula is C45H55N3. The van der Waals surface area contributed by atoms with Gasteiger partial charge in [-0.25, -0.2) is 0 Å². The van der Waals surface area contributed by atoms with Crippen molar-refractivity contribution in [1.82, 2.24) is 9.13 Å². The molecule has 3 nitrogen and oxygen atoms in total. The van der Waals surface area contributed by atoms with Crippen LogP contribution in [0.1, 0.15) is 104 Å². The van der Waals surface area contributed by atoms with Gasteiger partial charge in [0.1, 0.15) is 0 Å². The van der Waals surface area contributed by atoms with Gasteiger partial charge in [-0.3, -0.25) is 0 Å². The zero-order valence-electron chi connectivity index (χ0n) is 30.7. The molecule has 0 bridgehead atoms. The molecule has 0 radical (unpaired) electrons. The Balaban J connectivity index is 2.34. The molecule has 0 unspecified atom stereocenters. The fourth-order valence-electron chi connectivity index (χ4n) is 6.64. The van der Waals surface area contributed by atoms with Gasteiger partial charge in [-0.15, -0.1) is 0 Å². The maximum Gasteiger partial charge on any atom is 0.0798 e. The molecule has 0 saturated heterocycles. The van der Waals surface area contributed by atoms with E-state index >= 15 is 0 Å². The average molecular weight is 638 g/mol. The number of fused-ring (bicyclic) bond motifs is 3. The summed E-state index contributed by atoms with van der Waals surface area (Å²) in [6.45, 7) is 21.5. The van der Waals surface area contributed by atoms with Crippen LogP contribution in [0.3, 0.4) is 0 Å². The van der Waals surface area contributed by atoms with Crippen molar-refractivity contribution in [2.45, 2.75) is 100 Å². The summed E-state index contributed by atoms with van der Waals surface area (Å²) >= 11 is 0. The van der Waals surface area contributed by atoms with Crippen molar-refractivity contribution in [3.05, 3.63) is 126 Å². The molecule has 2 aromatic carbocycles. The van der Waals surface area contributed by atoms with Gasteiger partial charge in [0.05, 0.1) is 22.2 Å². The van der Waals surface area contributed by atoms with Crippen LogP contribution in [0, 0.1) is 11.8 Å². The molecule has 0 aliphatic rings. The predicted molar refractivity (Wildman–Crippen MR) is 213 cm³/mol. The third kappa shape index (κ3) is 7.24. The summed E-state index contributed by atoms with van der Waals surface area (Å²) in [6, 6.07) is 15.7. The maximum absolute atomic E-state index is 3.96. The van der Waals surface area contributed by atoms with E-state index in [2.05, 4.69) is 167 Å². The van der Waals surface area contributed by atoms with Crippen LogP contribution in [0.4, 0.5) is 5.69 Å². The molecule has 0 saturated carbocycles. The number of para-hydroxylation sites is 1. The van der Waals surface area contributed by atoms with Gasteiger partial charge in [0.25, 0.3) is 0 Å². The van der Waals surface area contributed by atoms with Crippen molar-refractivity contribution in [2.75, 3.05) is 4.90 Å². The summed E-state index contributed by atoms with van der Waals surface area (Å²) in [4.78, 5) is 2.37. The minimum absolute atomic E-state index is 0.857. The number of rotatable bonds is 14. The highest BCUT2D eigenvalue weighted by Crippen LogP contribution is 2.43. The SMILES string of the molecule is C=C/C=C\C(=C/CC)N(/C(C)=C/C)c1cc2c(cc1C#CCCC)c1c(c(CCCC)c(CC)n1C(/C=C\C)=C/C)n2-c1ccccc1. The third-order valence-electron chi connectivity index (χ3n) is 8.89. The molecule has 0 atom stereocenters. The van der Waals surface area contributed by atoms with Crippen molar-refractivity contribution in [3.8, 4) is 17.5 Å². The summed E-state index contributed by atoms with van der Waals surface area (Å²) in [5.41, 5.74) is 13.3. The van der Waals surface area contributed by atoms with Crippen molar-refractivity contribution in [3.63, 3.8) is 0 Å². The molecule has 0 spiro atoms. The Morgan fingerprint density at radius 1 is 0.938 bits per heavy atom. The number of hydrogen-bond acceptors (Lipinski definition) is 1. The molecule has 4 rings (SSSR count). The lowest BCUT2D eigenvalue weighted by molar-refractivity contribution is 0.783. The number of aromatic nitrogens is 2. The Labute approximate surface area is 290 Å². The van der Waals surface area contributed by atoms with Gasteiger partial charge in [0.2, 0.25) is 0 Å². The third-order valence-corrected chi connectivity index (χ3v) is 8.89. The first-order valence-electron chi connectivity index (χ1n) is 18.0. The zero-order chi connectivity index (χ0) is 34.6. The van der Waals surface area contributed by atoms with E-state index in [-0.39, 0.29) is 0 Å². The highest BCUT2D eigenvalue weighted by molar-refractivity contribution is 6.12. The van der Waals surface area contributed by atoms with Crippen molar-refractivity contribution < 1.29 is 0 Å². The molecular weight excluding hydrogens is 583 g/mol. The van der Waals surface area contributed by atoms with Crippen LogP contribution in [0.15, 0.2) is 109 Å². The van der Waals surface area contributed by atoms with Gasteiger partial charge in [-0.1, -0.05) is 107 Å². The highest BCUT2D eigenvalue weighted by atomic mass is 15.2. The first kappa shape index (κ1) is 36.2. The molecule has 0 N–H and O–H groups in total. The van der Waals surface area contributed by atoms with Gasteiger partial charge < -0.3 is 14.0 Å². The Kier molecular flexibility index (Phi) is 13.2. The van der Waals surface area contributed by atoms with E-state index in [1.165, 1.54) is 44.6 Å². The lowest BCUT2D eigenvalue weighted by Crippen LogP contribution is -2.20. The number of benzene rings is 2. The number of unbranched alkanes of at least 4 members (excludes halogenated alkanes) is 2. The summed E-state index contributed by atoms with van der Waals surface area (Å²) in [6.07, 6.45) is 24.2. The van der Waals surface area contributed by atoms with Gasteiger partial charge >= 0.3 is 0 Å². The van der Waals surface area contributed by atoms with Gasteiger partial charge in [-0.2, -0.15) is 0 Å². The van der Waals surface area contributed by atoms with Crippen LogP contribution >= 0.6 is 0 Å². The quantitative estimate of drug-likeness (QED) is 0.0990. The Morgan fingerprint density at radius 3 is 2.31 bits per heavy atom. The second kappa shape index (κ2) is 17.5. The molecule has 250 valence electrons. The van der Waals surface area contributed by atoms with Crippen LogP contribution in [0.5, 0.6) is 0 Å². The molecule has 3 heteroatoms. The predicted octanol–water partition coefficient (Wildman–Crippen LogP) is 12.8. The number of nitrogens with zero attached hydrogens (tertiary/aromatic N) is 3. The largest absolute Gasteiger partial charge is 0.314 e. The van der Waals surface area contributed by atoms with Crippen LogP contribution < -0.4 is 4.90 Å². The number of allylic oxidation sites excluding steroid dienone is 10. The number of aryl methyl sites for hydroxylation is 1. The normalized spacial score (nSPS) is 12.9. The summed E-state index contributed by atoms with van der Waals surface area (Å²) < 4.78 is 5.06. The van der Waals surface area contributed by atoms with E-state index in [1.807, 2.05) is 12.2 Å². The summed E-state index contributed by atoms with van der Waals surface area (Å²) in [5.74, 6) is 7.16. The first-order chi connectivity index (χ1) is 23.4. The second-order valence-corrected chi connectivity index (χ2v) is 12.1. The summed E-state index contributed by atoms with van der Waals surface area (Å²) in [5, 5.41) is 1.22. The monoisotopic (exact) mass is 637 g/mol. The van der Waals surface area contributed by atoms with E-state index in [9.17, 15) is 0 Å². The Morgan fingerprint density at radius 2 is 1.71 bits per heavy atom. The molecule has 48 heavy (non-hydrogen) atoms. The molecule has 4 aromatic rings. The molecule has 2 aromatic heterocycles.